The Morgan fingerprint density at radius 1 is 0.920 bits per heavy atom. The van der Waals surface area contributed by atoms with E-state index < -0.39 is 17.4 Å². The largest absolute Gasteiger partial charge is 0.457 e. The zero-order valence-corrected chi connectivity index (χ0v) is 14.1. The van der Waals surface area contributed by atoms with Crippen molar-refractivity contribution in [2.24, 2.45) is 5.41 Å². The molecule has 0 atom stereocenters. The van der Waals surface area contributed by atoms with E-state index in [1.807, 2.05) is 20.8 Å². The maximum Gasteiger partial charge on any atom is 0.347 e. The second kappa shape index (κ2) is 6.05. The number of fused-ring (bicyclic) bond motifs is 1. The van der Waals surface area contributed by atoms with Gasteiger partial charge in [-0.15, -0.1) is 0 Å². The van der Waals surface area contributed by atoms with Gasteiger partial charge in [0.2, 0.25) is 5.91 Å². The monoisotopic (exact) mass is 339 g/mol. The molecule has 128 valence electrons. The quantitative estimate of drug-likeness (QED) is 0.680. The van der Waals surface area contributed by atoms with Crippen LogP contribution < -0.4 is 10.1 Å². The van der Waals surface area contributed by atoms with Crippen LogP contribution in [0.5, 0.6) is 11.5 Å². The second-order valence-electron chi connectivity index (χ2n) is 6.71. The number of hydrogen-bond acceptors (Lipinski definition) is 5. The lowest BCUT2D eigenvalue weighted by Crippen LogP contribution is -2.27. The minimum Gasteiger partial charge on any atom is -0.457 e. The van der Waals surface area contributed by atoms with Crippen molar-refractivity contribution in [1.82, 2.24) is 0 Å². The number of rotatable bonds is 3. The molecule has 2 aromatic rings. The van der Waals surface area contributed by atoms with Gasteiger partial charge < -0.3 is 14.8 Å². The molecule has 1 aliphatic heterocycles. The summed E-state index contributed by atoms with van der Waals surface area (Å²) in [5, 5.41) is 2.82. The molecule has 0 spiro atoms. The summed E-state index contributed by atoms with van der Waals surface area (Å²) in [6.45, 7) is 5.51. The van der Waals surface area contributed by atoms with E-state index in [9.17, 15) is 14.4 Å². The highest BCUT2D eigenvalue weighted by atomic mass is 16.6. The van der Waals surface area contributed by atoms with Crippen LogP contribution in [0.25, 0.3) is 0 Å². The average molecular weight is 339 g/mol. The Kier molecular flexibility index (Phi) is 4.04. The van der Waals surface area contributed by atoms with Crippen molar-refractivity contribution in [3.63, 3.8) is 0 Å². The summed E-state index contributed by atoms with van der Waals surface area (Å²) in [7, 11) is 0. The second-order valence-corrected chi connectivity index (χ2v) is 6.71. The number of carbonyl (C=O) groups is 3. The zero-order chi connectivity index (χ0) is 18.2. The van der Waals surface area contributed by atoms with E-state index in [-0.39, 0.29) is 17.0 Å². The highest BCUT2D eigenvalue weighted by Gasteiger charge is 2.29. The lowest BCUT2D eigenvalue weighted by molar-refractivity contribution is -0.123. The smallest absolute Gasteiger partial charge is 0.347 e. The van der Waals surface area contributed by atoms with Crippen molar-refractivity contribution < 1.29 is 23.9 Å². The number of amides is 1. The van der Waals surface area contributed by atoms with Gasteiger partial charge in [0.1, 0.15) is 11.5 Å². The molecule has 2 aromatic carbocycles. The molecular weight excluding hydrogens is 322 g/mol. The summed E-state index contributed by atoms with van der Waals surface area (Å²) in [6, 6.07) is 11.4. The first-order valence-corrected chi connectivity index (χ1v) is 7.74. The van der Waals surface area contributed by atoms with E-state index in [2.05, 4.69) is 10.1 Å². The van der Waals surface area contributed by atoms with Gasteiger partial charge >= 0.3 is 11.9 Å². The van der Waals surface area contributed by atoms with E-state index >= 15 is 0 Å². The number of cyclic esters (lactones) is 2. The van der Waals surface area contributed by atoms with Gasteiger partial charge in [0.05, 0.1) is 11.1 Å². The van der Waals surface area contributed by atoms with Gasteiger partial charge in [-0.3, -0.25) is 4.79 Å². The molecule has 0 aromatic heterocycles. The highest BCUT2D eigenvalue weighted by Crippen LogP contribution is 2.29. The summed E-state index contributed by atoms with van der Waals surface area (Å²) >= 11 is 0. The zero-order valence-electron chi connectivity index (χ0n) is 14.1. The minimum absolute atomic E-state index is 0.0806. The first kappa shape index (κ1) is 16.7. The van der Waals surface area contributed by atoms with Gasteiger partial charge in [-0.25, -0.2) is 9.59 Å². The number of benzene rings is 2. The molecule has 0 saturated heterocycles. The lowest BCUT2D eigenvalue weighted by atomic mass is 9.95. The maximum absolute atomic E-state index is 12.0. The van der Waals surface area contributed by atoms with Crippen LogP contribution in [0.3, 0.4) is 0 Å². The lowest BCUT2D eigenvalue weighted by Gasteiger charge is -2.17. The molecule has 3 rings (SSSR count). The standard InChI is InChI=1S/C19H17NO5/c1-19(2,3)18(23)20-11-4-6-12(7-5-11)24-13-8-9-14-15(10-13)17(22)25-16(14)21/h4-10H,1-3H3,(H,20,23). The van der Waals surface area contributed by atoms with Gasteiger partial charge in [-0.1, -0.05) is 20.8 Å². The van der Waals surface area contributed by atoms with Crippen molar-refractivity contribution in [2.75, 3.05) is 5.32 Å². The van der Waals surface area contributed by atoms with Crippen LogP contribution in [0.4, 0.5) is 5.69 Å². The number of esters is 2. The Bertz CT molecular complexity index is 862. The minimum atomic E-state index is -0.675. The molecule has 0 unspecified atom stereocenters. The van der Waals surface area contributed by atoms with Crippen molar-refractivity contribution in [3.05, 3.63) is 53.6 Å². The molecule has 25 heavy (non-hydrogen) atoms. The number of nitrogens with one attached hydrogen (secondary N) is 1. The molecule has 1 amide bonds. The van der Waals surface area contributed by atoms with Crippen molar-refractivity contribution in [1.29, 1.82) is 0 Å². The Morgan fingerprint density at radius 3 is 2.16 bits per heavy atom. The average Bonchev–Trinajstić information content (AvgIpc) is 2.82. The Morgan fingerprint density at radius 2 is 1.52 bits per heavy atom. The maximum atomic E-state index is 12.0. The molecule has 0 bridgehead atoms. The van der Waals surface area contributed by atoms with Crippen LogP contribution in [0.15, 0.2) is 42.5 Å². The van der Waals surface area contributed by atoms with Crippen molar-refractivity contribution in [3.8, 4) is 11.5 Å². The van der Waals surface area contributed by atoms with Crippen molar-refractivity contribution >= 4 is 23.5 Å². The SMILES string of the molecule is CC(C)(C)C(=O)Nc1ccc(Oc2ccc3c(c2)C(=O)OC3=O)cc1. The summed E-state index contributed by atoms with van der Waals surface area (Å²) in [5.74, 6) is -0.456. The van der Waals surface area contributed by atoms with Gasteiger partial charge in [0, 0.05) is 11.1 Å². The molecule has 1 heterocycles. The summed E-state index contributed by atoms with van der Waals surface area (Å²) < 4.78 is 10.2. The predicted octanol–water partition coefficient (Wildman–Crippen LogP) is 3.77. The van der Waals surface area contributed by atoms with E-state index in [0.717, 1.165) is 0 Å². The van der Waals surface area contributed by atoms with Gasteiger partial charge in [-0.05, 0) is 42.5 Å². The normalized spacial score (nSPS) is 13.2. The van der Waals surface area contributed by atoms with Crippen LogP contribution in [0.2, 0.25) is 0 Å². The van der Waals surface area contributed by atoms with Crippen LogP contribution in [-0.2, 0) is 9.53 Å². The van der Waals surface area contributed by atoms with Crippen LogP contribution >= 0.6 is 0 Å². The van der Waals surface area contributed by atoms with Crippen LogP contribution in [0.1, 0.15) is 41.5 Å². The molecule has 0 radical (unpaired) electrons. The van der Waals surface area contributed by atoms with Gasteiger partial charge in [0.25, 0.3) is 0 Å². The fraction of sp³-hybridized carbons (Fsp3) is 0.211. The molecule has 0 saturated carbocycles. The Labute approximate surface area is 144 Å². The molecule has 1 N–H and O–H groups in total. The van der Waals surface area contributed by atoms with E-state index in [1.54, 1.807) is 30.3 Å². The molecule has 1 aliphatic rings. The molecular formula is C19H17NO5. The fourth-order valence-electron chi connectivity index (χ4n) is 2.19. The molecule has 0 fully saturated rings. The molecule has 6 heteroatoms. The highest BCUT2D eigenvalue weighted by molar-refractivity contribution is 6.14. The number of hydrogen-bond donors (Lipinski definition) is 1. The molecule has 6 nitrogen and oxygen atoms in total. The summed E-state index contributed by atoms with van der Waals surface area (Å²) in [4.78, 5) is 35.0. The van der Waals surface area contributed by atoms with Crippen molar-refractivity contribution in [2.45, 2.75) is 20.8 Å². The first-order valence-electron chi connectivity index (χ1n) is 7.74. The predicted molar refractivity (Wildman–Crippen MR) is 90.8 cm³/mol. The number of anilines is 1. The third-order valence-corrected chi connectivity index (χ3v) is 3.65. The summed E-state index contributed by atoms with van der Waals surface area (Å²) in [6.07, 6.45) is 0. The topological polar surface area (TPSA) is 81.7 Å². The summed E-state index contributed by atoms with van der Waals surface area (Å²) in [5.41, 5.74) is 0.607. The van der Waals surface area contributed by atoms with E-state index in [1.165, 1.54) is 12.1 Å². The fourth-order valence-corrected chi connectivity index (χ4v) is 2.19. The molecule has 0 aliphatic carbocycles. The Balaban J connectivity index is 1.72. The van der Waals surface area contributed by atoms with Gasteiger partial charge in [-0.2, -0.15) is 0 Å². The van der Waals surface area contributed by atoms with E-state index in [4.69, 9.17) is 4.74 Å². The number of ether oxygens (including phenoxy) is 2. The first-order chi connectivity index (χ1) is 11.7. The van der Waals surface area contributed by atoms with E-state index in [0.29, 0.717) is 17.2 Å². The third-order valence-electron chi connectivity index (χ3n) is 3.65. The van der Waals surface area contributed by atoms with Crippen LogP contribution in [0, 0.1) is 5.41 Å². The third kappa shape index (κ3) is 3.52. The van der Waals surface area contributed by atoms with Gasteiger partial charge in [0.15, 0.2) is 0 Å². The Hall–Kier alpha value is -3.15. The number of carbonyl (C=O) groups excluding carboxylic acids is 3. The van der Waals surface area contributed by atoms with Crippen LogP contribution in [-0.4, -0.2) is 17.8 Å².